The number of nitriles is 1. The molecule has 28 heavy (non-hydrogen) atoms. The van der Waals surface area contributed by atoms with Crippen molar-refractivity contribution in [2.75, 3.05) is 17.7 Å². The van der Waals surface area contributed by atoms with Crippen LogP contribution in [-0.4, -0.2) is 12.5 Å². The summed E-state index contributed by atoms with van der Waals surface area (Å²) >= 11 is 0. The molecule has 6 nitrogen and oxygen atoms in total. The molecule has 1 amide bonds. The van der Waals surface area contributed by atoms with Crippen LogP contribution in [0.15, 0.2) is 48.2 Å². The first kappa shape index (κ1) is 20.8. The van der Waals surface area contributed by atoms with Crippen LogP contribution in [-0.2, 0) is 4.79 Å². The SMILES string of the molecule is CCOc1ccc(C)cc1C(C)NC(=O)/C(C#N)=C\Nc1ccc(C)cc1N. The van der Waals surface area contributed by atoms with Crippen LogP contribution in [0.25, 0.3) is 0 Å². The van der Waals surface area contributed by atoms with Crippen molar-refractivity contribution in [2.45, 2.75) is 33.7 Å². The summed E-state index contributed by atoms with van der Waals surface area (Å²) in [5.41, 5.74) is 10.0. The van der Waals surface area contributed by atoms with Gasteiger partial charge in [-0.15, -0.1) is 0 Å². The predicted octanol–water partition coefficient (Wildman–Crippen LogP) is 3.98. The van der Waals surface area contributed by atoms with Gasteiger partial charge in [-0.1, -0.05) is 23.8 Å². The van der Waals surface area contributed by atoms with Crippen molar-refractivity contribution in [3.63, 3.8) is 0 Å². The van der Waals surface area contributed by atoms with Crippen molar-refractivity contribution in [3.05, 3.63) is 64.9 Å². The minimum Gasteiger partial charge on any atom is -0.494 e. The van der Waals surface area contributed by atoms with Crippen molar-refractivity contribution >= 4 is 17.3 Å². The molecule has 1 unspecified atom stereocenters. The molecule has 0 saturated carbocycles. The number of hydrogen-bond acceptors (Lipinski definition) is 5. The summed E-state index contributed by atoms with van der Waals surface area (Å²) in [4.78, 5) is 12.6. The monoisotopic (exact) mass is 378 g/mol. The molecule has 0 saturated heterocycles. The van der Waals surface area contributed by atoms with Gasteiger partial charge >= 0.3 is 0 Å². The molecule has 0 fully saturated rings. The summed E-state index contributed by atoms with van der Waals surface area (Å²) in [6.45, 7) is 8.21. The highest BCUT2D eigenvalue weighted by Gasteiger charge is 2.17. The highest BCUT2D eigenvalue weighted by atomic mass is 16.5. The molecule has 0 aromatic heterocycles. The number of nitrogens with zero attached hydrogens (tertiary/aromatic N) is 1. The van der Waals surface area contributed by atoms with Gasteiger partial charge in [-0.05, 0) is 51.5 Å². The lowest BCUT2D eigenvalue weighted by Gasteiger charge is -2.18. The van der Waals surface area contributed by atoms with Crippen LogP contribution in [0.4, 0.5) is 11.4 Å². The Morgan fingerprint density at radius 2 is 1.93 bits per heavy atom. The van der Waals surface area contributed by atoms with Gasteiger partial charge in [0.25, 0.3) is 5.91 Å². The Bertz CT molecular complexity index is 929. The lowest BCUT2D eigenvalue weighted by atomic mass is 10.0. The van der Waals surface area contributed by atoms with Gasteiger partial charge in [0.15, 0.2) is 0 Å². The first-order valence-electron chi connectivity index (χ1n) is 9.12. The van der Waals surface area contributed by atoms with E-state index < -0.39 is 5.91 Å². The van der Waals surface area contributed by atoms with E-state index in [-0.39, 0.29) is 11.6 Å². The summed E-state index contributed by atoms with van der Waals surface area (Å²) in [7, 11) is 0. The van der Waals surface area contributed by atoms with E-state index in [9.17, 15) is 10.1 Å². The molecule has 0 aliphatic heterocycles. The Hall–Kier alpha value is -3.46. The smallest absolute Gasteiger partial charge is 0.263 e. The number of benzene rings is 2. The fourth-order valence-electron chi connectivity index (χ4n) is 2.76. The molecule has 0 radical (unpaired) electrons. The van der Waals surface area contributed by atoms with E-state index in [1.165, 1.54) is 6.20 Å². The lowest BCUT2D eigenvalue weighted by Crippen LogP contribution is -2.28. The summed E-state index contributed by atoms with van der Waals surface area (Å²) in [6.07, 6.45) is 1.36. The molecule has 2 aromatic rings. The first-order chi connectivity index (χ1) is 13.3. The first-order valence-corrected chi connectivity index (χ1v) is 9.12. The van der Waals surface area contributed by atoms with Crippen LogP contribution in [0.1, 0.15) is 36.6 Å². The number of nitrogens with one attached hydrogen (secondary N) is 2. The Kier molecular flexibility index (Phi) is 7.05. The third-order valence-corrected chi connectivity index (χ3v) is 4.22. The van der Waals surface area contributed by atoms with Gasteiger partial charge in [0, 0.05) is 11.8 Å². The third-order valence-electron chi connectivity index (χ3n) is 4.22. The maximum atomic E-state index is 12.6. The van der Waals surface area contributed by atoms with Gasteiger partial charge < -0.3 is 21.1 Å². The van der Waals surface area contributed by atoms with Gasteiger partial charge in [0.05, 0.1) is 24.0 Å². The second kappa shape index (κ2) is 9.47. The Labute approximate surface area is 166 Å². The molecule has 6 heteroatoms. The average molecular weight is 378 g/mol. The number of rotatable bonds is 7. The molecular weight excluding hydrogens is 352 g/mol. The second-order valence-electron chi connectivity index (χ2n) is 6.57. The van der Waals surface area contributed by atoms with Crippen molar-refractivity contribution in [2.24, 2.45) is 0 Å². The molecule has 4 N–H and O–H groups in total. The minimum atomic E-state index is -0.475. The average Bonchev–Trinajstić information content (AvgIpc) is 2.65. The summed E-state index contributed by atoms with van der Waals surface area (Å²) in [5.74, 6) is 0.242. The number of nitrogen functional groups attached to an aromatic ring is 1. The fourth-order valence-corrected chi connectivity index (χ4v) is 2.76. The number of amides is 1. The van der Waals surface area contributed by atoms with Crippen molar-refractivity contribution in [3.8, 4) is 11.8 Å². The normalized spacial score (nSPS) is 12.0. The molecule has 0 aliphatic carbocycles. The lowest BCUT2D eigenvalue weighted by molar-refractivity contribution is -0.117. The Balaban J connectivity index is 2.15. The summed E-state index contributed by atoms with van der Waals surface area (Å²) in [5, 5.41) is 15.2. The van der Waals surface area contributed by atoms with Crippen LogP contribution < -0.4 is 21.1 Å². The molecule has 0 spiro atoms. The number of carbonyl (C=O) groups excluding carboxylic acids is 1. The largest absolute Gasteiger partial charge is 0.494 e. The van der Waals surface area contributed by atoms with Crippen molar-refractivity contribution in [1.29, 1.82) is 5.26 Å². The molecule has 0 bridgehead atoms. The van der Waals surface area contributed by atoms with Gasteiger partial charge in [0.2, 0.25) is 0 Å². The van der Waals surface area contributed by atoms with Crippen LogP contribution in [0.3, 0.4) is 0 Å². The maximum absolute atomic E-state index is 12.6. The quantitative estimate of drug-likeness (QED) is 0.384. The molecule has 2 rings (SSSR count). The zero-order chi connectivity index (χ0) is 20.7. The zero-order valence-corrected chi connectivity index (χ0v) is 16.7. The van der Waals surface area contributed by atoms with Crippen LogP contribution in [0.5, 0.6) is 5.75 Å². The third kappa shape index (κ3) is 5.27. The number of aryl methyl sites for hydroxylation is 2. The van der Waals surface area contributed by atoms with E-state index in [4.69, 9.17) is 10.5 Å². The predicted molar refractivity (Wildman–Crippen MR) is 112 cm³/mol. The van der Waals surface area contributed by atoms with Crippen LogP contribution >= 0.6 is 0 Å². The van der Waals surface area contributed by atoms with Gasteiger partial charge in [-0.2, -0.15) is 5.26 Å². The number of ether oxygens (including phenoxy) is 1. The Morgan fingerprint density at radius 3 is 2.57 bits per heavy atom. The highest BCUT2D eigenvalue weighted by molar-refractivity contribution is 5.97. The fraction of sp³-hybridized carbons (Fsp3) is 0.273. The van der Waals surface area contributed by atoms with Gasteiger partial charge in [-0.25, -0.2) is 0 Å². The topological polar surface area (TPSA) is 100 Å². The van der Waals surface area contributed by atoms with E-state index in [0.29, 0.717) is 23.7 Å². The second-order valence-corrected chi connectivity index (χ2v) is 6.57. The van der Waals surface area contributed by atoms with Crippen molar-refractivity contribution < 1.29 is 9.53 Å². The van der Waals surface area contributed by atoms with Crippen molar-refractivity contribution in [1.82, 2.24) is 5.32 Å². The zero-order valence-electron chi connectivity index (χ0n) is 16.7. The van der Waals surface area contributed by atoms with Gasteiger partial charge in [0.1, 0.15) is 17.4 Å². The maximum Gasteiger partial charge on any atom is 0.263 e. The molecule has 2 aromatic carbocycles. The molecule has 1 atom stereocenters. The molecule has 146 valence electrons. The number of nitrogens with two attached hydrogens (primary N) is 1. The van der Waals surface area contributed by atoms with E-state index in [1.54, 1.807) is 6.07 Å². The van der Waals surface area contributed by atoms with E-state index in [2.05, 4.69) is 10.6 Å². The minimum absolute atomic E-state index is 0.0440. The molecular formula is C22H26N4O2. The van der Waals surface area contributed by atoms with E-state index in [0.717, 1.165) is 16.7 Å². The summed E-state index contributed by atoms with van der Waals surface area (Å²) < 4.78 is 5.65. The highest BCUT2D eigenvalue weighted by Crippen LogP contribution is 2.27. The molecule has 0 aliphatic rings. The van der Waals surface area contributed by atoms with Crippen LogP contribution in [0.2, 0.25) is 0 Å². The molecule has 0 heterocycles. The number of anilines is 2. The number of hydrogen-bond donors (Lipinski definition) is 3. The van der Waals surface area contributed by atoms with E-state index >= 15 is 0 Å². The Morgan fingerprint density at radius 1 is 1.25 bits per heavy atom. The standard InChI is InChI=1S/C22H26N4O2/c1-5-28-21-9-7-14(2)10-18(21)16(4)26-22(27)17(12-23)13-25-20-8-6-15(3)11-19(20)24/h6-11,13,16,25H,5,24H2,1-4H3,(H,26,27)/b17-13-. The summed E-state index contributed by atoms with van der Waals surface area (Å²) in [6, 6.07) is 12.9. The van der Waals surface area contributed by atoms with Gasteiger partial charge in [-0.3, -0.25) is 4.79 Å². The van der Waals surface area contributed by atoms with E-state index in [1.807, 2.05) is 64.1 Å². The number of carbonyl (C=O) groups is 1. The van der Waals surface area contributed by atoms with Crippen LogP contribution in [0, 0.1) is 25.2 Å².